The van der Waals surface area contributed by atoms with Gasteiger partial charge in [0.15, 0.2) is 31.0 Å². The second-order valence-electron chi connectivity index (χ2n) is 12.5. The molecule has 0 aliphatic carbocycles. The first-order valence-corrected chi connectivity index (χ1v) is 16.0. The largest absolute Gasteiger partial charge is 0.486 e. The molecule has 0 amide bonds. The second-order valence-corrected chi connectivity index (χ2v) is 12.5. The molecule has 12 heteroatoms. The number of benzene rings is 5. The number of aromatic nitrogens is 1. The number of alkyl halides is 7. The molecular weight excluding hydrogens is 679 g/mol. The van der Waals surface area contributed by atoms with Crippen molar-refractivity contribution < 1.29 is 49.8 Å². The van der Waals surface area contributed by atoms with Crippen molar-refractivity contribution in [3.8, 4) is 11.5 Å². The van der Waals surface area contributed by atoms with Crippen LogP contribution in [0.25, 0.3) is 32.6 Å². The van der Waals surface area contributed by atoms with E-state index in [1.807, 2.05) is 12.1 Å². The van der Waals surface area contributed by atoms with E-state index in [1.165, 1.54) is 42.5 Å². The molecule has 0 radical (unpaired) electrons. The summed E-state index contributed by atoms with van der Waals surface area (Å²) >= 11 is 0. The maximum absolute atomic E-state index is 14.3. The van der Waals surface area contributed by atoms with Crippen LogP contribution in [0.2, 0.25) is 0 Å². The van der Waals surface area contributed by atoms with Crippen molar-refractivity contribution in [1.29, 1.82) is 0 Å². The van der Waals surface area contributed by atoms with Gasteiger partial charge in [-0.05, 0) is 72.8 Å². The summed E-state index contributed by atoms with van der Waals surface area (Å²) in [5.41, 5.74) is 2.85. The first-order chi connectivity index (χ1) is 24.3. The molecular formula is C39H28F7NO4. The van der Waals surface area contributed by atoms with Crippen LogP contribution >= 0.6 is 0 Å². The van der Waals surface area contributed by atoms with Crippen LogP contribution in [-0.2, 0) is 13.0 Å². The summed E-state index contributed by atoms with van der Waals surface area (Å²) in [4.78, 5) is 28.1. The fraction of sp³-hybridized carbons (Fsp3) is 0.231. The molecule has 1 aliphatic heterocycles. The van der Waals surface area contributed by atoms with Crippen molar-refractivity contribution in [3.05, 3.63) is 119 Å². The lowest BCUT2D eigenvalue weighted by Gasteiger charge is -2.21. The summed E-state index contributed by atoms with van der Waals surface area (Å²) in [5, 5.41) is 2.66. The van der Waals surface area contributed by atoms with Gasteiger partial charge in [-0.15, -0.1) is 0 Å². The molecule has 0 N–H and O–H groups in total. The Morgan fingerprint density at radius 1 is 0.706 bits per heavy atom. The summed E-state index contributed by atoms with van der Waals surface area (Å²) in [7, 11) is 0. The molecule has 51 heavy (non-hydrogen) atoms. The highest BCUT2D eigenvalue weighted by Gasteiger charge is 2.42. The van der Waals surface area contributed by atoms with Crippen LogP contribution in [-0.4, -0.2) is 53.8 Å². The molecule has 2 heterocycles. The van der Waals surface area contributed by atoms with Crippen molar-refractivity contribution in [2.75, 3.05) is 13.2 Å². The highest BCUT2D eigenvalue weighted by molar-refractivity contribution is 6.27. The van der Waals surface area contributed by atoms with Crippen molar-refractivity contribution in [2.45, 2.75) is 44.3 Å². The van der Waals surface area contributed by atoms with Crippen LogP contribution < -0.4 is 9.47 Å². The smallest absolute Gasteiger partial charge is 0.340 e. The number of ether oxygens (including phenoxy) is 2. The topological polar surface area (TPSA) is 57.5 Å². The normalized spacial score (nSPS) is 13.7. The molecule has 1 atom stereocenters. The van der Waals surface area contributed by atoms with Gasteiger partial charge in [-0.25, -0.2) is 13.2 Å². The first-order valence-electron chi connectivity index (χ1n) is 16.0. The SMILES string of the molecule is CC(F)C(F)(F)COc1ccccc1C(=O)c1cc2c3cc(C(=O)c4ccccc4OCC(F)(F)C(F)F)ccc3n3c2c2c(cccc12)CC3. The zero-order valence-electron chi connectivity index (χ0n) is 26.9. The summed E-state index contributed by atoms with van der Waals surface area (Å²) < 4.78 is 107. The summed E-state index contributed by atoms with van der Waals surface area (Å²) in [6.07, 6.45) is -5.79. The average Bonchev–Trinajstić information content (AvgIpc) is 3.45. The minimum absolute atomic E-state index is 0.00319. The summed E-state index contributed by atoms with van der Waals surface area (Å²) in [6, 6.07) is 23.6. The molecule has 7 rings (SSSR count). The molecule has 0 bridgehead atoms. The van der Waals surface area contributed by atoms with Crippen molar-refractivity contribution in [2.24, 2.45) is 0 Å². The van der Waals surface area contributed by atoms with E-state index in [4.69, 9.17) is 9.47 Å². The Labute approximate surface area is 286 Å². The number of aryl methyl sites for hydroxylation is 2. The molecule has 262 valence electrons. The fourth-order valence-corrected chi connectivity index (χ4v) is 6.51. The van der Waals surface area contributed by atoms with Crippen molar-refractivity contribution in [1.82, 2.24) is 4.57 Å². The van der Waals surface area contributed by atoms with E-state index in [0.29, 0.717) is 29.1 Å². The van der Waals surface area contributed by atoms with E-state index >= 15 is 0 Å². The number of halogens is 7. The van der Waals surface area contributed by atoms with E-state index in [1.54, 1.807) is 36.4 Å². The number of rotatable bonds is 12. The summed E-state index contributed by atoms with van der Waals surface area (Å²) in [6.45, 7) is -1.57. The van der Waals surface area contributed by atoms with Gasteiger partial charge in [-0.1, -0.05) is 42.5 Å². The van der Waals surface area contributed by atoms with Crippen molar-refractivity contribution >= 4 is 44.1 Å². The van der Waals surface area contributed by atoms with Crippen LogP contribution in [0.15, 0.2) is 91.0 Å². The van der Waals surface area contributed by atoms with E-state index in [-0.39, 0.29) is 33.8 Å². The number of nitrogens with zero attached hydrogens (tertiary/aromatic N) is 1. The Balaban J connectivity index is 1.34. The van der Waals surface area contributed by atoms with Crippen LogP contribution in [0, 0.1) is 0 Å². The molecule has 1 unspecified atom stereocenters. The highest BCUT2D eigenvalue weighted by atomic mass is 19.3. The number of ketones is 2. The average molecular weight is 708 g/mol. The lowest BCUT2D eigenvalue weighted by molar-refractivity contribution is -0.148. The Morgan fingerprint density at radius 2 is 1.33 bits per heavy atom. The third-order valence-electron chi connectivity index (χ3n) is 9.19. The van der Waals surface area contributed by atoms with Gasteiger partial charge in [0.2, 0.25) is 0 Å². The molecule has 0 saturated carbocycles. The van der Waals surface area contributed by atoms with Gasteiger partial charge in [0, 0.05) is 39.3 Å². The van der Waals surface area contributed by atoms with Gasteiger partial charge in [-0.2, -0.15) is 17.6 Å². The molecule has 1 aliphatic rings. The Morgan fingerprint density at radius 3 is 1.98 bits per heavy atom. The third-order valence-corrected chi connectivity index (χ3v) is 9.19. The van der Waals surface area contributed by atoms with Crippen LogP contribution in [0.5, 0.6) is 11.5 Å². The zero-order chi connectivity index (χ0) is 36.2. The maximum Gasteiger partial charge on any atom is 0.340 e. The molecule has 0 fully saturated rings. The van der Waals surface area contributed by atoms with Crippen LogP contribution in [0.1, 0.15) is 44.3 Å². The maximum atomic E-state index is 14.3. The third kappa shape index (κ3) is 5.96. The van der Waals surface area contributed by atoms with Gasteiger partial charge in [0.1, 0.15) is 11.5 Å². The Hall–Kier alpha value is -5.39. The monoisotopic (exact) mass is 707 g/mol. The fourth-order valence-electron chi connectivity index (χ4n) is 6.51. The highest BCUT2D eigenvalue weighted by Crippen LogP contribution is 2.42. The number of carbonyl (C=O) groups excluding carboxylic acids is 2. The van der Waals surface area contributed by atoms with E-state index in [9.17, 15) is 40.3 Å². The van der Waals surface area contributed by atoms with E-state index < -0.39 is 49.2 Å². The Bertz CT molecular complexity index is 2350. The number of carbonyl (C=O) groups is 2. The quantitative estimate of drug-likeness (QED) is 0.0940. The van der Waals surface area contributed by atoms with Gasteiger partial charge < -0.3 is 14.0 Å². The first kappa shape index (κ1) is 34.1. The molecule has 6 aromatic rings. The van der Waals surface area contributed by atoms with Crippen molar-refractivity contribution in [3.63, 3.8) is 0 Å². The van der Waals surface area contributed by atoms with Gasteiger partial charge in [-0.3, -0.25) is 9.59 Å². The van der Waals surface area contributed by atoms with Gasteiger partial charge in [0.05, 0.1) is 16.6 Å². The minimum atomic E-state index is -4.43. The molecule has 0 saturated heterocycles. The Kier molecular flexibility index (Phi) is 8.51. The number of para-hydroxylation sites is 2. The molecule has 0 spiro atoms. The number of hydrogen-bond acceptors (Lipinski definition) is 4. The minimum Gasteiger partial charge on any atom is -0.486 e. The van der Waals surface area contributed by atoms with E-state index in [2.05, 4.69) is 4.57 Å². The molecule has 5 aromatic carbocycles. The number of fused-ring (bicyclic) bond motifs is 3. The molecule has 1 aromatic heterocycles. The predicted octanol–water partition coefficient (Wildman–Crippen LogP) is 9.62. The lowest BCUT2D eigenvalue weighted by atomic mass is 9.90. The van der Waals surface area contributed by atoms with Crippen LogP contribution in [0.4, 0.5) is 30.7 Å². The molecule has 5 nitrogen and oxygen atoms in total. The second kappa shape index (κ2) is 12.7. The van der Waals surface area contributed by atoms with E-state index in [0.717, 1.165) is 28.9 Å². The lowest BCUT2D eigenvalue weighted by Crippen LogP contribution is -2.34. The predicted molar refractivity (Wildman–Crippen MR) is 178 cm³/mol. The van der Waals surface area contributed by atoms with Crippen LogP contribution in [0.3, 0.4) is 0 Å². The number of hydrogen-bond donors (Lipinski definition) is 0. The van der Waals surface area contributed by atoms with Gasteiger partial charge >= 0.3 is 18.3 Å². The standard InChI is InChI=1S/C39H28F7NO4/c1-21(40)38(43,44)19-50-32-12-5-3-9-26(32)36(49)29-18-28-27-17-23(35(48)25-8-2-4-11-31(25)51-20-39(45,46)37(41)42)13-14-30(27)47-16-15-22-7-6-10-24(29)33(22)34(28)47/h2-14,17-18,21,37H,15-16,19-20H2,1H3. The van der Waals surface area contributed by atoms with Gasteiger partial charge in [0.25, 0.3) is 0 Å². The zero-order valence-corrected chi connectivity index (χ0v) is 26.9. The summed E-state index contributed by atoms with van der Waals surface area (Å²) in [5.74, 6) is -9.76.